The predicted molar refractivity (Wildman–Crippen MR) is 85.6 cm³/mol. The molecule has 0 heterocycles. The zero-order valence-electron chi connectivity index (χ0n) is 12.5. The summed E-state index contributed by atoms with van der Waals surface area (Å²) < 4.78 is 13.8. The number of benzene rings is 1. The van der Waals surface area contributed by atoms with Gasteiger partial charge < -0.3 is 5.73 Å². The van der Waals surface area contributed by atoms with E-state index in [2.05, 4.69) is 6.92 Å². The molecule has 0 aliphatic rings. The number of halogens is 2. The molecule has 0 saturated carbocycles. The topological polar surface area (TPSA) is 26.0 Å². The van der Waals surface area contributed by atoms with Gasteiger partial charge in [0.25, 0.3) is 0 Å². The largest absolute Gasteiger partial charge is 0.324 e. The Kier molecular flexibility index (Phi) is 8.88. The Balaban J connectivity index is 2.17. The zero-order valence-corrected chi connectivity index (χ0v) is 13.3. The number of nitrogens with two attached hydrogens (primary N) is 1. The van der Waals surface area contributed by atoms with Gasteiger partial charge in [0, 0.05) is 11.6 Å². The van der Waals surface area contributed by atoms with Crippen LogP contribution < -0.4 is 5.73 Å². The number of hydrogen-bond acceptors (Lipinski definition) is 1. The van der Waals surface area contributed by atoms with E-state index in [1.807, 2.05) is 0 Å². The van der Waals surface area contributed by atoms with Crippen molar-refractivity contribution in [2.45, 2.75) is 70.8 Å². The van der Waals surface area contributed by atoms with Crippen LogP contribution in [0.2, 0.25) is 5.02 Å². The van der Waals surface area contributed by atoms with E-state index in [1.165, 1.54) is 44.9 Å². The van der Waals surface area contributed by atoms with Crippen molar-refractivity contribution in [1.82, 2.24) is 0 Å². The van der Waals surface area contributed by atoms with E-state index in [9.17, 15) is 4.39 Å². The molecule has 0 aliphatic carbocycles. The van der Waals surface area contributed by atoms with Crippen molar-refractivity contribution in [3.8, 4) is 0 Å². The molecule has 3 heteroatoms. The summed E-state index contributed by atoms with van der Waals surface area (Å²) in [5.41, 5.74) is 6.59. The van der Waals surface area contributed by atoms with Crippen LogP contribution in [0.25, 0.3) is 0 Å². The Labute approximate surface area is 127 Å². The monoisotopic (exact) mass is 299 g/mol. The van der Waals surface area contributed by atoms with Crippen LogP contribution in [0.4, 0.5) is 4.39 Å². The van der Waals surface area contributed by atoms with E-state index < -0.39 is 0 Å². The van der Waals surface area contributed by atoms with Gasteiger partial charge in [0.05, 0.1) is 5.02 Å². The summed E-state index contributed by atoms with van der Waals surface area (Å²) in [4.78, 5) is 0. The standard InChI is InChI=1S/C17H27ClFN/c1-2-3-4-5-6-7-8-9-13-16(20)14-11-10-12-15(18)17(14)19/h10-12,16H,2-9,13,20H2,1H3. The van der Waals surface area contributed by atoms with Gasteiger partial charge in [-0.1, -0.05) is 82.0 Å². The highest BCUT2D eigenvalue weighted by molar-refractivity contribution is 6.30. The molecule has 0 radical (unpaired) electrons. The van der Waals surface area contributed by atoms with Gasteiger partial charge in [-0.05, 0) is 12.5 Å². The van der Waals surface area contributed by atoms with Gasteiger partial charge in [-0.25, -0.2) is 4.39 Å². The van der Waals surface area contributed by atoms with Crippen molar-refractivity contribution < 1.29 is 4.39 Å². The fraction of sp³-hybridized carbons (Fsp3) is 0.647. The van der Waals surface area contributed by atoms with Crippen LogP contribution in [0.5, 0.6) is 0 Å². The Morgan fingerprint density at radius 2 is 1.65 bits per heavy atom. The molecule has 0 fully saturated rings. The van der Waals surface area contributed by atoms with Gasteiger partial charge in [-0.3, -0.25) is 0 Å². The van der Waals surface area contributed by atoms with Gasteiger partial charge in [0.1, 0.15) is 5.82 Å². The van der Waals surface area contributed by atoms with E-state index in [4.69, 9.17) is 17.3 Å². The minimum Gasteiger partial charge on any atom is -0.324 e. The summed E-state index contributed by atoms with van der Waals surface area (Å²) in [7, 11) is 0. The highest BCUT2D eigenvalue weighted by atomic mass is 35.5. The number of rotatable bonds is 10. The van der Waals surface area contributed by atoms with E-state index in [0.29, 0.717) is 5.56 Å². The Hall–Kier alpha value is -0.600. The Morgan fingerprint density at radius 3 is 2.30 bits per heavy atom. The number of unbranched alkanes of at least 4 members (excludes halogenated alkanes) is 7. The third-order valence-electron chi connectivity index (χ3n) is 3.75. The van der Waals surface area contributed by atoms with E-state index in [0.717, 1.165) is 12.8 Å². The first-order valence-corrected chi connectivity index (χ1v) is 8.24. The highest BCUT2D eigenvalue weighted by Gasteiger charge is 2.13. The van der Waals surface area contributed by atoms with E-state index in [1.54, 1.807) is 18.2 Å². The summed E-state index contributed by atoms with van der Waals surface area (Å²) >= 11 is 5.77. The summed E-state index contributed by atoms with van der Waals surface area (Å²) in [5, 5.41) is 0.161. The lowest BCUT2D eigenvalue weighted by atomic mass is 10.00. The zero-order chi connectivity index (χ0) is 14.8. The molecule has 0 bridgehead atoms. The lowest BCUT2D eigenvalue weighted by Crippen LogP contribution is -2.12. The molecule has 0 aliphatic heterocycles. The summed E-state index contributed by atoms with van der Waals surface area (Å²) in [6.45, 7) is 2.23. The molecule has 20 heavy (non-hydrogen) atoms. The van der Waals surface area contributed by atoms with Crippen LogP contribution >= 0.6 is 11.6 Å². The normalized spacial score (nSPS) is 12.6. The van der Waals surface area contributed by atoms with Crippen LogP contribution in [0, 0.1) is 5.82 Å². The lowest BCUT2D eigenvalue weighted by Gasteiger charge is -2.13. The molecular weight excluding hydrogens is 273 g/mol. The first kappa shape index (κ1) is 17.5. The second-order valence-electron chi connectivity index (χ2n) is 5.51. The molecule has 2 N–H and O–H groups in total. The number of hydrogen-bond donors (Lipinski definition) is 1. The molecular formula is C17H27ClFN. The molecule has 0 aromatic heterocycles. The highest BCUT2D eigenvalue weighted by Crippen LogP contribution is 2.25. The van der Waals surface area contributed by atoms with Gasteiger partial charge in [-0.15, -0.1) is 0 Å². The molecule has 0 amide bonds. The van der Waals surface area contributed by atoms with Crippen molar-refractivity contribution in [1.29, 1.82) is 0 Å². The molecule has 1 rings (SSSR count). The van der Waals surface area contributed by atoms with Crippen molar-refractivity contribution in [2.24, 2.45) is 5.73 Å². The van der Waals surface area contributed by atoms with Gasteiger partial charge in [0.2, 0.25) is 0 Å². The second kappa shape index (κ2) is 10.2. The lowest BCUT2D eigenvalue weighted by molar-refractivity contribution is 0.518. The third kappa shape index (κ3) is 6.23. The minimum absolute atomic E-state index is 0.161. The van der Waals surface area contributed by atoms with Crippen LogP contribution in [0.15, 0.2) is 18.2 Å². The second-order valence-corrected chi connectivity index (χ2v) is 5.92. The van der Waals surface area contributed by atoms with Crippen molar-refractivity contribution in [3.63, 3.8) is 0 Å². The van der Waals surface area contributed by atoms with Gasteiger partial charge in [-0.2, -0.15) is 0 Å². The molecule has 0 spiro atoms. The SMILES string of the molecule is CCCCCCCCCCC(N)c1cccc(Cl)c1F. The van der Waals surface area contributed by atoms with Crippen LogP contribution in [0.1, 0.15) is 76.3 Å². The molecule has 1 atom stereocenters. The first-order chi connectivity index (χ1) is 9.66. The smallest absolute Gasteiger partial charge is 0.146 e. The van der Waals surface area contributed by atoms with Crippen LogP contribution in [-0.2, 0) is 0 Å². The third-order valence-corrected chi connectivity index (χ3v) is 4.04. The van der Waals surface area contributed by atoms with Gasteiger partial charge >= 0.3 is 0 Å². The summed E-state index contributed by atoms with van der Waals surface area (Å²) in [6, 6.07) is 4.81. The Morgan fingerprint density at radius 1 is 1.05 bits per heavy atom. The van der Waals surface area contributed by atoms with Crippen molar-refractivity contribution in [2.75, 3.05) is 0 Å². The Bertz CT molecular complexity index is 381. The minimum atomic E-state index is -0.360. The molecule has 114 valence electrons. The summed E-state index contributed by atoms with van der Waals surface area (Å²) in [5.74, 6) is -0.360. The van der Waals surface area contributed by atoms with Crippen LogP contribution in [0.3, 0.4) is 0 Å². The maximum absolute atomic E-state index is 13.8. The first-order valence-electron chi connectivity index (χ1n) is 7.86. The summed E-state index contributed by atoms with van der Waals surface area (Å²) in [6.07, 6.45) is 11.0. The maximum atomic E-state index is 13.8. The molecule has 0 saturated heterocycles. The molecule has 1 aromatic carbocycles. The van der Waals surface area contributed by atoms with Crippen molar-refractivity contribution in [3.05, 3.63) is 34.6 Å². The molecule has 1 unspecified atom stereocenters. The maximum Gasteiger partial charge on any atom is 0.146 e. The fourth-order valence-electron chi connectivity index (χ4n) is 2.46. The van der Waals surface area contributed by atoms with E-state index >= 15 is 0 Å². The molecule has 1 nitrogen and oxygen atoms in total. The predicted octanol–water partition coefficient (Wildman–Crippen LogP) is 6.01. The quantitative estimate of drug-likeness (QED) is 0.526. The average Bonchev–Trinajstić information content (AvgIpc) is 2.44. The van der Waals surface area contributed by atoms with Crippen LogP contribution in [-0.4, -0.2) is 0 Å². The van der Waals surface area contributed by atoms with Gasteiger partial charge in [0.15, 0.2) is 0 Å². The average molecular weight is 300 g/mol. The fourth-order valence-corrected chi connectivity index (χ4v) is 2.64. The van der Waals surface area contributed by atoms with Crippen molar-refractivity contribution >= 4 is 11.6 Å². The molecule has 1 aromatic rings. The van der Waals surface area contributed by atoms with E-state index in [-0.39, 0.29) is 16.9 Å².